The van der Waals surface area contributed by atoms with Gasteiger partial charge >= 0.3 is 0 Å². The lowest BCUT2D eigenvalue weighted by Gasteiger charge is -2.35. The average molecular weight is 490 g/mol. The number of phenols is 1. The van der Waals surface area contributed by atoms with Gasteiger partial charge in [-0.25, -0.2) is 0 Å². The normalized spacial score (nSPS) is 23.3. The number of nitrogens with zero attached hydrogens (tertiary/aromatic N) is 1. The quantitative estimate of drug-likeness (QED) is 0.346. The highest BCUT2D eigenvalue weighted by Crippen LogP contribution is 2.47. The minimum Gasteiger partial charge on any atom is -0.507 e. The largest absolute Gasteiger partial charge is 0.507 e. The maximum Gasteiger partial charge on any atom is 0.238 e. The number of hydrogen-bond donors (Lipinski definition) is 3. The van der Waals surface area contributed by atoms with Crippen molar-refractivity contribution in [2.45, 2.75) is 52.1 Å². The number of aliphatic hydroxyl groups excluding tert-OH is 2. The van der Waals surface area contributed by atoms with Crippen LogP contribution in [0.2, 0.25) is 0 Å². The monoisotopic (exact) mass is 489 g/mol. The van der Waals surface area contributed by atoms with Crippen LogP contribution in [-0.4, -0.2) is 39.8 Å². The summed E-state index contributed by atoms with van der Waals surface area (Å²) in [4.78, 5) is 27.9. The summed E-state index contributed by atoms with van der Waals surface area (Å²) in [6.07, 6.45) is 4.38. The molecule has 1 aliphatic heterocycles. The van der Waals surface area contributed by atoms with Crippen molar-refractivity contribution in [2.75, 3.05) is 11.5 Å². The van der Waals surface area contributed by atoms with Crippen molar-refractivity contribution in [1.29, 1.82) is 0 Å². The van der Waals surface area contributed by atoms with Gasteiger partial charge in [-0.2, -0.15) is 0 Å². The van der Waals surface area contributed by atoms with Gasteiger partial charge in [0.05, 0.1) is 30.2 Å². The number of hydrogen-bond acceptors (Lipinski definition) is 5. The summed E-state index contributed by atoms with van der Waals surface area (Å²) in [5.41, 5.74) is 3.97. The number of phenolic OH excluding ortho intramolecular Hbond substituents is 1. The second-order valence-corrected chi connectivity index (χ2v) is 9.87. The number of para-hydroxylation sites is 2. The maximum atomic E-state index is 13.4. The molecule has 36 heavy (non-hydrogen) atoms. The van der Waals surface area contributed by atoms with E-state index >= 15 is 0 Å². The number of rotatable bonds is 9. The number of imide groups is 1. The summed E-state index contributed by atoms with van der Waals surface area (Å²) < 4.78 is 0. The molecule has 1 saturated heterocycles. The Kier molecular flexibility index (Phi) is 8.07. The lowest BCUT2D eigenvalue weighted by Crippen LogP contribution is -2.38. The lowest BCUT2D eigenvalue weighted by molar-refractivity contribution is -0.123. The van der Waals surface area contributed by atoms with E-state index in [-0.39, 0.29) is 24.2 Å². The molecule has 1 aliphatic carbocycles. The van der Waals surface area contributed by atoms with E-state index in [0.29, 0.717) is 30.5 Å². The van der Waals surface area contributed by atoms with Crippen molar-refractivity contribution in [3.05, 3.63) is 76.9 Å². The maximum absolute atomic E-state index is 13.4. The van der Waals surface area contributed by atoms with Gasteiger partial charge in [-0.1, -0.05) is 67.0 Å². The summed E-state index contributed by atoms with van der Waals surface area (Å²) >= 11 is 0. The van der Waals surface area contributed by atoms with E-state index in [0.717, 1.165) is 29.6 Å². The van der Waals surface area contributed by atoms with Gasteiger partial charge in [0, 0.05) is 11.5 Å². The van der Waals surface area contributed by atoms with Crippen LogP contribution in [0.3, 0.4) is 0 Å². The Morgan fingerprint density at radius 3 is 2.42 bits per heavy atom. The number of aromatic hydroxyl groups is 1. The van der Waals surface area contributed by atoms with Crippen LogP contribution < -0.4 is 4.90 Å². The van der Waals surface area contributed by atoms with Gasteiger partial charge in [0.1, 0.15) is 5.75 Å². The first-order valence-electron chi connectivity index (χ1n) is 12.8. The molecule has 6 heteroatoms. The van der Waals surface area contributed by atoms with Crippen molar-refractivity contribution >= 4 is 23.6 Å². The number of fused-ring (bicyclic) bond motifs is 1. The number of allylic oxidation sites excluding steroid dienone is 2. The topological polar surface area (TPSA) is 98.1 Å². The molecule has 4 rings (SSSR count). The zero-order chi connectivity index (χ0) is 25.8. The molecule has 1 heterocycles. The van der Waals surface area contributed by atoms with Crippen molar-refractivity contribution in [3.8, 4) is 5.75 Å². The number of amides is 2. The molecule has 2 aromatic rings. The van der Waals surface area contributed by atoms with Crippen molar-refractivity contribution in [1.82, 2.24) is 0 Å². The van der Waals surface area contributed by atoms with E-state index in [2.05, 4.69) is 6.92 Å². The molecule has 6 nitrogen and oxygen atoms in total. The third-order valence-electron chi connectivity index (χ3n) is 7.50. The fourth-order valence-electron chi connectivity index (χ4n) is 5.85. The first-order valence-corrected chi connectivity index (χ1v) is 12.8. The molecule has 0 bridgehead atoms. The van der Waals surface area contributed by atoms with Crippen LogP contribution >= 0.6 is 0 Å². The van der Waals surface area contributed by atoms with E-state index in [4.69, 9.17) is 0 Å². The van der Waals surface area contributed by atoms with E-state index < -0.39 is 23.9 Å². The van der Waals surface area contributed by atoms with Crippen LogP contribution in [0.25, 0.3) is 6.08 Å². The Hall–Kier alpha value is -3.22. The molecule has 0 radical (unpaired) electrons. The Bertz CT molecular complexity index is 1170. The summed E-state index contributed by atoms with van der Waals surface area (Å²) in [6.45, 7) is 3.68. The summed E-state index contributed by atoms with van der Waals surface area (Å²) in [6, 6.07) is 16.1. The zero-order valence-corrected chi connectivity index (χ0v) is 20.9. The van der Waals surface area contributed by atoms with Crippen LogP contribution in [0.4, 0.5) is 5.69 Å². The van der Waals surface area contributed by atoms with Crippen molar-refractivity contribution in [3.63, 3.8) is 0 Å². The number of benzene rings is 2. The van der Waals surface area contributed by atoms with E-state index in [1.807, 2.05) is 31.2 Å². The summed E-state index contributed by atoms with van der Waals surface area (Å²) in [5, 5.41) is 31.8. The molecule has 190 valence electrons. The van der Waals surface area contributed by atoms with Crippen LogP contribution in [0.15, 0.2) is 71.3 Å². The predicted octanol–water partition coefficient (Wildman–Crippen LogP) is 4.85. The first-order chi connectivity index (χ1) is 17.4. The van der Waals surface area contributed by atoms with Crippen molar-refractivity contribution in [2.24, 2.45) is 17.8 Å². The van der Waals surface area contributed by atoms with Gasteiger partial charge < -0.3 is 15.3 Å². The highest BCUT2D eigenvalue weighted by atomic mass is 16.3. The molecule has 2 aliphatic rings. The van der Waals surface area contributed by atoms with Gasteiger partial charge in [0.15, 0.2) is 0 Å². The van der Waals surface area contributed by atoms with Gasteiger partial charge in [-0.05, 0) is 56.4 Å². The Labute approximate surface area is 212 Å². The molecule has 2 aromatic carbocycles. The van der Waals surface area contributed by atoms with E-state index in [9.17, 15) is 24.9 Å². The summed E-state index contributed by atoms with van der Waals surface area (Å²) in [7, 11) is 0. The molecule has 0 saturated carbocycles. The Morgan fingerprint density at radius 2 is 1.75 bits per heavy atom. The average Bonchev–Trinajstić information content (AvgIpc) is 3.12. The van der Waals surface area contributed by atoms with E-state index in [1.165, 1.54) is 4.90 Å². The fourth-order valence-corrected chi connectivity index (χ4v) is 5.85. The molecular formula is C30H35NO5. The molecule has 4 atom stereocenters. The minimum atomic E-state index is -0.832. The fraction of sp³-hybridized carbons (Fsp3) is 0.400. The molecular weight excluding hydrogens is 454 g/mol. The van der Waals surface area contributed by atoms with Crippen LogP contribution in [0.5, 0.6) is 5.75 Å². The molecule has 1 fully saturated rings. The van der Waals surface area contributed by atoms with Crippen LogP contribution in [-0.2, 0) is 9.59 Å². The van der Waals surface area contributed by atoms with Crippen LogP contribution in [0, 0.1) is 17.8 Å². The molecule has 2 amide bonds. The number of carbonyl (C=O) groups is 2. The number of anilines is 1. The SMILES string of the molecule is CCC/C(=C\c1ccccc1O)CC[C@@H](O)C1=C(C)C[C@H]2C(=O)N(c3ccccc3)C(=O)[C@H]2[C@H]1CO. The van der Waals surface area contributed by atoms with Gasteiger partial charge in [-0.3, -0.25) is 14.5 Å². The minimum absolute atomic E-state index is 0.219. The standard InChI is InChI=1S/C30H35NO5/c1-3-9-20(17-21-10-7-8-13-25(21)33)14-15-26(34)27-19(2)16-23-28(24(27)18-32)30(36)31(29(23)35)22-11-5-4-6-12-22/h4-8,10-13,17,23-24,26,28,32-34H,3,9,14-16,18H2,1-2H3/b20-17+/t23-,24+,26-,28-/m1/s1. The first kappa shape index (κ1) is 25.9. The lowest BCUT2D eigenvalue weighted by atomic mass is 9.68. The summed E-state index contributed by atoms with van der Waals surface area (Å²) in [5.74, 6) is -2.13. The molecule has 0 unspecified atom stereocenters. The smallest absolute Gasteiger partial charge is 0.238 e. The van der Waals surface area contributed by atoms with Gasteiger partial charge in [-0.15, -0.1) is 0 Å². The number of carbonyl (C=O) groups excluding carboxylic acids is 2. The van der Waals surface area contributed by atoms with Crippen molar-refractivity contribution < 1.29 is 24.9 Å². The second-order valence-electron chi connectivity index (χ2n) is 9.87. The van der Waals surface area contributed by atoms with Crippen LogP contribution in [0.1, 0.15) is 51.5 Å². The van der Waals surface area contributed by atoms with E-state index in [1.54, 1.807) is 36.4 Å². The molecule has 3 N–H and O–H groups in total. The Balaban J connectivity index is 1.55. The van der Waals surface area contributed by atoms with Gasteiger partial charge in [0.2, 0.25) is 11.8 Å². The molecule has 0 spiro atoms. The predicted molar refractivity (Wildman–Crippen MR) is 140 cm³/mol. The number of aliphatic hydroxyl groups is 2. The molecule has 0 aromatic heterocycles. The Morgan fingerprint density at radius 1 is 1.06 bits per heavy atom. The highest BCUT2D eigenvalue weighted by molar-refractivity contribution is 6.22. The third-order valence-corrected chi connectivity index (χ3v) is 7.50. The van der Waals surface area contributed by atoms with Gasteiger partial charge in [0.25, 0.3) is 0 Å². The highest BCUT2D eigenvalue weighted by Gasteiger charge is 2.54. The third kappa shape index (κ3) is 5.01. The zero-order valence-electron chi connectivity index (χ0n) is 20.9. The second kappa shape index (κ2) is 11.2.